The van der Waals surface area contributed by atoms with Crippen molar-refractivity contribution in [3.05, 3.63) is 12.7 Å². The third-order valence-electron chi connectivity index (χ3n) is 6.46. The first-order chi connectivity index (χ1) is 16.2. The van der Waals surface area contributed by atoms with Crippen LogP contribution in [0.4, 0.5) is 5.82 Å². The lowest BCUT2D eigenvalue weighted by Gasteiger charge is -2.37. The summed E-state index contributed by atoms with van der Waals surface area (Å²) in [6.45, 7) is 1.13. The number of aliphatic hydroxyl groups excluding tert-OH is 2. The third-order valence-corrected chi connectivity index (χ3v) is 8.69. The molecule has 2 saturated heterocycles. The van der Waals surface area contributed by atoms with Gasteiger partial charge in [0.2, 0.25) is 0 Å². The maximum absolute atomic E-state index is 13.2. The molecule has 0 bridgehead atoms. The largest absolute Gasteiger partial charge is 0.468 e. The van der Waals surface area contributed by atoms with Crippen molar-refractivity contribution in [3.63, 3.8) is 0 Å². The van der Waals surface area contributed by atoms with E-state index in [0.717, 1.165) is 0 Å². The molecule has 188 valence electrons. The molecule has 0 aromatic carbocycles. The van der Waals surface area contributed by atoms with Crippen molar-refractivity contribution in [1.29, 1.82) is 0 Å². The normalized spacial score (nSPS) is 30.6. The van der Waals surface area contributed by atoms with Crippen LogP contribution in [0.1, 0.15) is 19.1 Å². The Kier molecular flexibility index (Phi) is 7.02. The van der Waals surface area contributed by atoms with E-state index < -0.39 is 57.4 Å². The number of likely N-dealkylation sites (tertiary alicyclic amines) is 1. The van der Waals surface area contributed by atoms with E-state index in [4.69, 9.17) is 20.9 Å². The Morgan fingerprint density at radius 2 is 2.06 bits per heavy atom. The van der Waals surface area contributed by atoms with Crippen LogP contribution in [0.2, 0.25) is 0 Å². The zero-order valence-electron chi connectivity index (χ0n) is 18.6. The van der Waals surface area contributed by atoms with Crippen molar-refractivity contribution in [2.45, 2.75) is 48.7 Å². The number of fused-ring (bicyclic) bond motifs is 1. The van der Waals surface area contributed by atoms with Gasteiger partial charge in [0.1, 0.15) is 36.2 Å². The molecule has 2 aliphatic heterocycles. The number of ether oxygens (including phenoxy) is 2. The summed E-state index contributed by atoms with van der Waals surface area (Å²) in [7, 11) is -2.56. The van der Waals surface area contributed by atoms with Gasteiger partial charge in [0, 0.05) is 19.6 Å². The second-order valence-electron chi connectivity index (χ2n) is 8.47. The van der Waals surface area contributed by atoms with Crippen molar-refractivity contribution >= 4 is 32.8 Å². The first-order valence-corrected chi connectivity index (χ1v) is 12.6. The van der Waals surface area contributed by atoms with E-state index in [2.05, 4.69) is 15.0 Å². The molecular formula is C19H29N7O7S. The minimum absolute atomic E-state index is 0.0478. The monoisotopic (exact) mass is 499 g/mol. The summed E-state index contributed by atoms with van der Waals surface area (Å²) >= 11 is 0. The molecule has 2 aromatic rings. The van der Waals surface area contributed by atoms with Crippen LogP contribution < -0.4 is 11.5 Å². The molecular weight excluding hydrogens is 470 g/mol. The minimum atomic E-state index is -3.81. The van der Waals surface area contributed by atoms with Crippen molar-refractivity contribution in [1.82, 2.24) is 24.4 Å². The van der Waals surface area contributed by atoms with E-state index in [1.807, 2.05) is 4.90 Å². The predicted molar refractivity (Wildman–Crippen MR) is 119 cm³/mol. The van der Waals surface area contributed by atoms with Crippen molar-refractivity contribution in [3.8, 4) is 0 Å². The van der Waals surface area contributed by atoms with Crippen LogP contribution in [0.15, 0.2) is 12.7 Å². The number of rotatable bonds is 7. The molecule has 0 spiro atoms. The Bertz CT molecular complexity index is 1140. The number of carbonyl (C=O) groups excluding carboxylic acids is 1. The van der Waals surface area contributed by atoms with E-state index in [1.54, 1.807) is 0 Å². The number of carbonyl (C=O) groups is 1. The highest BCUT2D eigenvalue weighted by molar-refractivity contribution is 7.92. The second-order valence-corrected chi connectivity index (χ2v) is 10.8. The molecule has 0 amide bonds. The van der Waals surface area contributed by atoms with Gasteiger partial charge in [0.15, 0.2) is 27.5 Å². The van der Waals surface area contributed by atoms with Crippen LogP contribution in [0.3, 0.4) is 0 Å². The number of piperidine rings is 1. The van der Waals surface area contributed by atoms with Gasteiger partial charge in [-0.25, -0.2) is 23.4 Å². The molecule has 0 saturated carbocycles. The summed E-state index contributed by atoms with van der Waals surface area (Å²) in [5.41, 5.74) is 12.0. The van der Waals surface area contributed by atoms with Gasteiger partial charge in [0.05, 0.1) is 24.4 Å². The van der Waals surface area contributed by atoms with Crippen molar-refractivity contribution in [2.24, 2.45) is 5.73 Å². The Hall–Kier alpha value is -2.43. The van der Waals surface area contributed by atoms with Gasteiger partial charge in [-0.2, -0.15) is 0 Å². The smallest absolute Gasteiger partial charge is 0.323 e. The van der Waals surface area contributed by atoms with Crippen molar-refractivity contribution < 1.29 is 32.9 Å². The van der Waals surface area contributed by atoms with Crippen molar-refractivity contribution in [2.75, 3.05) is 38.2 Å². The number of nitrogen functional groups attached to an aromatic ring is 1. The highest BCUT2D eigenvalue weighted by Crippen LogP contribution is 2.34. The van der Waals surface area contributed by atoms with Crippen LogP contribution in [-0.4, -0.2) is 111 Å². The summed E-state index contributed by atoms with van der Waals surface area (Å²) < 4.78 is 38.5. The van der Waals surface area contributed by atoms with Crippen LogP contribution in [-0.2, 0) is 24.1 Å². The van der Waals surface area contributed by atoms with Crippen LogP contribution >= 0.6 is 0 Å². The molecule has 34 heavy (non-hydrogen) atoms. The first-order valence-electron chi connectivity index (χ1n) is 10.9. The van der Waals surface area contributed by atoms with Gasteiger partial charge >= 0.3 is 5.97 Å². The number of anilines is 1. The summed E-state index contributed by atoms with van der Waals surface area (Å²) in [5, 5.41) is 20.3. The highest BCUT2D eigenvalue weighted by Gasteiger charge is 2.48. The molecule has 15 heteroatoms. The highest BCUT2D eigenvalue weighted by atomic mass is 32.2. The lowest BCUT2D eigenvalue weighted by molar-refractivity contribution is -0.148. The molecule has 0 radical (unpaired) electrons. The Balaban J connectivity index is 1.50. The minimum Gasteiger partial charge on any atom is -0.468 e. The average Bonchev–Trinajstić information content (AvgIpc) is 3.36. The third kappa shape index (κ3) is 4.46. The fourth-order valence-corrected chi connectivity index (χ4v) is 6.59. The summed E-state index contributed by atoms with van der Waals surface area (Å²) in [5.74, 6) is -0.910. The Morgan fingerprint density at radius 1 is 1.29 bits per heavy atom. The number of imidazole rings is 1. The number of sulfone groups is 1. The fraction of sp³-hybridized carbons (Fsp3) is 0.684. The molecule has 14 nitrogen and oxygen atoms in total. The molecule has 2 aliphatic rings. The van der Waals surface area contributed by atoms with Crippen LogP contribution in [0.25, 0.3) is 11.2 Å². The Morgan fingerprint density at radius 3 is 2.76 bits per heavy atom. The van der Waals surface area contributed by atoms with Gasteiger partial charge in [-0.15, -0.1) is 0 Å². The number of hydrogen-bond donors (Lipinski definition) is 4. The van der Waals surface area contributed by atoms with Gasteiger partial charge in [0.25, 0.3) is 0 Å². The lowest BCUT2D eigenvalue weighted by atomic mass is 10.0. The predicted octanol–water partition coefficient (Wildman–Crippen LogP) is -2.59. The molecule has 4 heterocycles. The number of nitrogens with two attached hydrogens (primary N) is 2. The Labute approximate surface area is 195 Å². The van der Waals surface area contributed by atoms with Crippen LogP contribution in [0.5, 0.6) is 0 Å². The number of nitrogens with zero attached hydrogens (tertiary/aromatic N) is 5. The average molecular weight is 500 g/mol. The van der Waals surface area contributed by atoms with E-state index in [1.165, 1.54) is 24.3 Å². The molecule has 2 fully saturated rings. The second kappa shape index (κ2) is 9.67. The van der Waals surface area contributed by atoms with Crippen LogP contribution in [0, 0.1) is 0 Å². The van der Waals surface area contributed by atoms with Gasteiger partial charge in [-0.05, 0) is 12.8 Å². The summed E-state index contributed by atoms with van der Waals surface area (Å²) in [4.78, 5) is 26.1. The van der Waals surface area contributed by atoms with E-state index in [0.29, 0.717) is 31.6 Å². The number of esters is 1. The molecule has 6 N–H and O–H groups in total. The van der Waals surface area contributed by atoms with E-state index >= 15 is 0 Å². The summed E-state index contributed by atoms with van der Waals surface area (Å²) in [6.07, 6.45) is -2.30. The van der Waals surface area contributed by atoms with Gasteiger partial charge < -0.3 is 31.2 Å². The molecule has 2 aromatic heterocycles. The quantitative estimate of drug-likeness (QED) is 0.289. The first kappa shape index (κ1) is 24.7. The van der Waals surface area contributed by atoms with Gasteiger partial charge in [-0.3, -0.25) is 14.3 Å². The number of hydrogen-bond acceptors (Lipinski definition) is 13. The van der Waals surface area contributed by atoms with E-state index in [9.17, 15) is 23.4 Å². The number of aromatic nitrogens is 4. The van der Waals surface area contributed by atoms with Gasteiger partial charge in [-0.1, -0.05) is 0 Å². The summed E-state index contributed by atoms with van der Waals surface area (Å²) in [6, 6.07) is -0.725. The zero-order valence-corrected chi connectivity index (χ0v) is 19.4. The SMILES string of the molecule is COC(=O)C1CC(S(=O)(=O)C[C@H]2O[C@@H](n3cnc4c(N)ncnc43)[C@@H](O)C2O)CCN1CCN. The topological polar surface area (TPSA) is 209 Å². The standard InChI is InChI=1S/C19H29N7O7S/c1-32-19(29)11-6-10(2-4-25(11)5-3-20)34(30,31)7-12-14(27)15(28)18(33-12)26-9-24-13-16(21)22-8-23-17(13)26/h8-12,14-15,18,27-28H,2-7,20H2,1H3,(H2,21,22,23)/t10?,11?,12-,14?,15+,18-/m1/s1. The number of methoxy groups -OCH3 is 1. The fourth-order valence-electron chi connectivity index (χ4n) is 4.64. The molecule has 0 aliphatic carbocycles. The zero-order chi connectivity index (χ0) is 24.6. The number of aliphatic hydroxyl groups is 2. The maximum atomic E-state index is 13.2. The molecule has 3 unspecified atom stereocenters. The molecule has 4 rings (SSSR count). The lowest BCUT2D eigenvalue weighted by Crippen LogP contribution is -2.53. The maximum Gasteiger partial charge on any atom is 0.323 e. The van der Waals surface area contributed by atoms with E-state index in [-0.39, 0.29) is 17.9 Å². The molecule has 6 atom stereocenters.